The van der Waals surface area contributed by atoms with Gasteiger partial charge in [-0.3, -0.25) is 14.4 Å². The number of aromatic nitrogens is 2. The summed E-state index contributed by atoms with van der Waals surface area (Å²) in [5.41, 5.74) is 7.25. The summed E-state index contributed by atoms with van der Waals surface area (Å²) in [4.78, 5) is 16.8. The van der Waals surface area contributed by atoms with E-state index in [1.807, 2.05) is 39.1 Å². The zero-order valence-corrected chi connectivity index (χ0v) is 28.9. The van der Waals surface area contributed by atoms with Crippen molar-refractivity contribution in [2.45, 2.75) is 83.3 Å². The topological polar surface area (TPSA) is 61.6 Å². The minimum Gasteiger partial charge on any atom is -0.480 e. The lowest BCUT2D eigenvalue weighted by Crippen LogP contribution is -2.47. The number of benzene rings is 3. The summed E-state index contributed by atoms with van der Waals surface area (Å²) in [7, 11) is 1.96. The standard InChI is InChI=1S/C41H51FN4O2/c1-5-46-39(25-36(43-46)22-29-14-16-31(17-15-29)30-10-7-6-8-11-30)32-18-20-45(21-19-32)27-34-24-37(44(4)40(28(2)3)41(47)48)26-38(34)33-12-9-13-35(42)23-33/h6-17,23,25,28,32,34,37-38,40H,5,18-22,24,26-27H2,1-4H3,(H,47,48)/t34?,37?,38?,40-/m1/s1. The molecule has 0 spiro atoms. The quantitative estimate of drug-likeness (QED) is 0.168. The van der Waals surface area contributed by atoms with E-state index in [1.54, 1.807) is 6.07 Å². The van der Waals surface area contributed by atoms with Crippen molar-refractivity contribution in [2.24, 2.45) is 11.8 Å². The lowest BCUT2D eigenvalue weighted by molar-refractivity contribution is -0.145. The molecule has 3 unspecified atom stereocenters. The van der Waals surface area contributed by atoms with E-state index in [-0.39, 0.29) is 23.7 Å². The maximum absolute atomic E-state index is 14.4. The fourth-order valence-corrected chi connectivity index (χ4v) is 8.48. The van der Waals surface area contributed by atoms with E-state index in [1.165, 1.54) is 28.5 Å². The summed E-state index contributed by atoms with van der Waals surface area (Å²) in [6.45, 7) is 9.99. The lowest BCUT2D eigenvalue weighted by Gasteiger charge is -2.35. The van der Waals surface area contributed by atoms with Gasteiger partial charge in [0.1, 0.15) is 11.9 Å². The first-order valence-electron chi connectivity index (χ1n) is 17.8. The Labute approximate surface area is 285 Å². The van der Waals surface area contributed by atoms with Crippen molar-refractivity contribution in [1.82, 2.24) is 19.6 Å². The summed E-state index contributed by atoms with van der Waals surface area (Å²) in [5, 5.41) is 15.0. The zero-order chi connectivity index (χ0) is 33.8. The molecule has 254 valence electrons. The predicted molar refractivity (Wildman–Crippen MR) is 191 cm³/mol. The van der Waals surface area contributed by atoms with Crippen molar-refractivity contribution in [3.63, 3.8) is 0 Å². The second-order valence-corrected chi connectivity index (χ2v) is 14.4. The van der Waals surface area contributed by atoms with Gasteiger partial charge in [-0.25, -0.2) is 4.39 Å². The highest BCUT2D eigenvalue weighted by Crippen LogP contribution is 2.43. The van der Waals surface area contributed by atoms with Crippen molar-refractivity contribution < 1.29 is 14.3 Å². The van der Waals surface area contributed by atoms with E-state index in [4.69, 9.17) is 5.10 Å². The number of carbonyl (C=O) groups is 1. The van der Waals surface area contributed by atoms with Gasteiger partial charge in [0.05, 0.1) is 5.69 Å². The van der Waals surface area contributed by atoms with E-state index in [2.05, 4.69) is 76.0 Å². The van der Waals surface area contributed by atoms with Gasteiger partial charge in [0.2, 0.25) is 0 Å². The van der Waals surface area contributed by atoms with Gasteiger partial charge in [0.15, 0.2) is 0 Å². The number of hydrogen-bond acceptors (Lipinski definition) is 4. The highest BCUT2D eigenvalue weighted by molar-refractivity contribution is 5.73. The van der Waals surface area contributed by atoms with Crippen molar-refractivity contribution >= 4 is 5.97 Å². The molecular weight excluding hydrogens is 599 g/mol. The van der Waals surface area contributed by atoms with Crippen LogP contribution in [0.1, 0.15) is 80.8 Å². The number of likely N-dealkylation sites (tertiary alicyclic amines) is 1. The van der Waals surface area contributed by atoms with Crippen LogP contribution in [-0.2, 0) is 17.8 Å². The van der Waals surface area contributed by atoms with Crippen LogP contribution in [0.5, 0.6) is 0 Å². The first-order valence-corrected chi connectivity index (χ1v) is 17.8. The predicted octanol–water partition coefficient (Wildman–Crippen LogP) is 8.08. The summed E-state index contributed by atoms with van der Waals surface area (Å²) < 4.78 is 16.6. The average Bonchev–Trinajstić information content (AvgIpc) is 3.70. The third kappa shape index (κ3) is 7.74. The van der Waals surface area contributed by atoms with E-state index in [9.17, 15) is 14.3 Å². The van der Waals surface area contributed by atoms with Gasteiger partial charge in [-0.2, -0.15) is 5.10 Å². The van der Waals surface area contributed by atoms with Crippen LogP contribution in [0.15, 0.2) is 84.9 Å². The number of aryl methyl sites for hydroxylation is 1. The summed E-state index contributed by atoms with van der Waals surface area (Å²) in [5.74, 6) is 0.0697. The van der Waals surface area contributed by atoms with Crippen molar-refractivity contribution in [3.8, 4) is 11.1 Å². The first-order chi connectivity index (χ1) is 23.2. The monoisotopic (exact) mass is 650 g/mol. The highest BCUT2D eigenvalue weighted by atomic mass is 19.1. The third-order valence-electron chi connectivity index (χ3n) is 11.0. The number of carboxylic acid groups (broad SMARTS) is 1. The molecule has 1 aromatic heterocycles. The number of piperidine rings is 1. The molecule has 1 saturated heterocycles. The van der Waals surface area contributed by atoms with Gasteiger partial charge in [-0.15, -0.1) is 0 Å². The van der Waals surface area contributed by atoms with Crippen LogP contribution in [0, 0.1) is 17.7 Å². The second-order valence-electron chi connectivity index (χ2n) is 14.4. The number of rotatable bonds is 12. The van der Waals surface area contributed by atoms with Crippen molar-refractivity contribution in [1.29, 1.82) is 0 Å². The number of carboxylic acids is 1. The van der Waals surface area contributed by atoms with Crippen molar-refractivity contribution in [3.05, 3.63) is 113 Å². The number of likely N-dealkylation sites (N-methyl/N-ethyl adjacent to an activating group) is 1. The molecule has 6 nitrogen and oxygen atoms in total. The normalized spacial score (nSPS) is 21.3. The Morgan fingerprint density at radius 3 is 2.31 bits per heavy atom. The summed E-state index contributed by atoms with van der Waals surface area (Å²) >= 11 is 0. The van der Waals surface area contributed by atoms with E-state index < -0.39 is 12.0 Å². The molecule has 6 rings (SSSR count). The van der Waals surface area contributed by atoms with E-state index in [0.717, 1.165) is 69.5 Å². The molecule has 4 atom stereocenters. The largest absolute Gasteiger partial charge is 0.480 e. The smallest absolute Gasteiger partial charge is 0.321 e. The fourth-order valence-electron chi connectivity index (χ4n) is 8.48. The minimum absolute atomic E-state index is 0.00969. The Morgan fingerprint density at radius 1 is 0.958 bits per heavy atom. The van der Waals surface area contributed by atoms with Gasteiger partial charge in [0.25, 0.3) is 0 Å². The van der Waals surface area contributed by atoms with Crippen LogP contribution in [-0.4, -0.2) is 69.4 Å². The third-order valence-corrected chi connectivity index (χ3v) is 11.0. The molecule has 1 aliphatic carbocycles. The lowest BCUT2D eigenvalue weighted by atomic mass is 9.87. The number of nitrogens with zero attached hydrogens (tertiary/aromatic N) is 4. The minimum atomic E-state index is -0.768. The molecule has 2 heterocycles. The van der Waals surface area contributed by atoms with Gasteiger partial charge in [-0.05, 0) is 111 Å². The molecule has 7 heteroatoms. The molecule has 4 aromatic rings. The van der Waals surface area contributed by atoms with Crippen LogP contribution < -0.4 is 0 Å². The Bertz CT molecular complexity index is 1640. The molecule has 1 aliphatic heterocycles. The van der Waals surface area contributed by atoms with Gasteiger partial charge in [0, 0.05) is 37.2 Å². The SMILES string of the molecule is CCn1nc(Cc2ccc(-c3ccccc3)cc2)cc1C1CCN(CC2CC(N(C)[C@@H](C(=O)O)C(C)C)CC2c2cccc(F)c2)CC1. The Balaban J connectivity index is 1.10. The van der Waals surface area contributed by atoms with Crippen molar-refractivity contribution in [2.75, 3.05) is 26.7 Å². The fraction of sp³-hybridized carbons (Fsp3) is 0.463. The molecule has 48 heavy (non-hydrogen) atoms. The number of halogens is 1. The molecule has 0 radical (unpaired) electrons. The van der Waals surface area contributed by atoms with Gasteiger partial charge >= 0.3 is 5.97 Å². The summed E-state index contributed by atoms with van der Waals surface area (Å²) in [6, 6.07) is 28.3. The molecule has 1 saturated carbocycles. The van der Waals surface area contributed by atoms with Crippen LogP contribution in [0.25, 0.3) is 11.1 Å². The zero-order valence-electron chi connectivity index (χ0n) is 28.9. The Hall–Kier alpha value is -3.81. The summed E-state index contributed by atoms with van der Waals surface area (Å²) in [6.07, 6.45) is 4.78. The maximum Gasteiger partial charge on any atom is 0.321 e. The number of hydrogen-bond donors (Lipinski definition) is 1. The molecule has 0 bridgehead atoms. The Morgan fingerprint density at radius 2 is 1.67 bits per heavy atom. The molecule has 3 aromatic carbocycles. The Kier molecular flexibility index (Phi) is 10.8. The maximum atomic E-state index is 14.4. The van der Waals surface area contributed by atoms with E-state index >= 15 is 0 Å². The molecular formula is C41H51FN4O2. The molecule has 0 amide bonds. The van der Waals surface area contributed by atoms with Crippen LogP contribution in [0.2, 0.25) is 0 Å². The first kappa shape index (κ1) is 34.1. The molecule has 2 fully saturated rings. The van der Waals surface area contributed by atoms with Crippen LogP contribution in [0.3, 0.4) is 0 Å². The molecule has 2 aliphatic rings. The van der Waals surface area contributed by atoms with Gasteiger partial charge in [-0.1, -0.05) is 80.6 Å². The van der Waals surface area contributed by atoms with Crippen LogP contribution in [0.4, 0.5) is 4.39 Å². The van der Waals surface area contributed by atoms with E-state index in [0.29, 0.717) is 11.8 Å². The van der Waals surface area contributed by atoms with Gasteiger partial charge < -0.3 is 10.0 Å². The average molecular weight is 651 g/mol. The molecule has 1 N–H and O–H groups in total. The highest BCUT2D eigenvalue weighted by Gasteiger charge is 2.42. The number of aliphatic carboxylic acids is 1. The second kappa shape index (κ2) is 15.2. The van der Waals surface area contributed by atoms with Crippen LogP contribution >= 0.6 is 0 Å².